The van der Waals surface area contributed by atoms with Crippen molar-refractivity contribution in [2.24, 2.45) is 0 Å². The zero-order valence-electron chi connectivity index (χ0n) is 11.5. The molecule has 0 spiro atoms. The fourth-order valence-corrected chi connectivity index (χ4v) is 2.29. The highest BCUT2D eigenvalue weighted by atomic mass is 16.5. The number of ether oxygens (including phenoxy) is 1. The van der Waals surface area contributed by atoms with Crippen molar-refractivity contribution < 1.29 is 4.74 Å². The first-order valence-electron chi connectivity index (χ1n) is 6.65. The van der Waals surface area contributed by atoms with Crippen LogP contribution in [0, 0.1) is 0 Å². The highest BCUT2D eigenvalue weighted by Gasteiger charge is 2.13. The van der Waals surface area contributed by atoms with Crippen molar-refractivity contribution in [3.05, 3.63) is 48.5 Å². The maximum atomic E-state index is 5.88. The molecule has 0 fully saturated rings. The number of anilines is 2. The molecular weight excluding hydrogens is 280 g/mol. The van der Waals surface area contributed by atoms with Gasteiger partial charge in [0.05, 0.1) is 0 Å². The van der Waals surface area contributed by atoms with Crippen LogP contribution in [-0.4, -0.2) is 19.8 Å². The van der Waals surface area contributed by atoms with Gasteiger partial charge in [-0.2, -0.15) is 4.52 Å². The van der Waals surface area contributed by atoms with Crippen molar-refractivity contribution in [2.75, 3.05) is 11.5 Å². The Kier molecular flexibility index (Phi) is 2.59. The van der Waals surface area contributed by atoms with Gasteiger partial charge in [-0.15, -0.1) is 15.3 Å². The quantitative estimate of drug-likeness (QED) is 0.549. The lowest BCUT2D eigenvalue weighted by atomic mass is 10.2. The number of hydrogen-bond acceptors (Lipinski definition) is 6. The Labute approximate surface area is 125 Å². The summed E-state index contributed by atoms with van der Waals surface area (Å²) in [7, 11) is 0. The molecule has 2 aromatic carbocycles. The van der Waals surface area contributed by atoms with Crippen molar-refractivity contribution in [1.29, 1.82) is 0 Å². The van der Waals surface area contributed by atoms with Gasteiger partial charge < -0.3 is 16.2 Å². The second-order valence-corrected chi connectivity index (χ2v) is 4.82. The summed E-state index contributed by atoms with van der Waals surface area (Å²) in [5.41, 5.74) is 12.8. The molecule has 0 amide bonds. The van der Waals surface area contributed by atoms with E-state index in [1.54, 1.807) is 24.3 Å². The first-order valence-corrected chi connectivity index (χ1v) is 6.65. The Hall–Kier alpha value is -3.35. The minimum atomic E-state index is 0.211. The van der Waals surface area contributed by atoms with E-state index in [0.29, 0.717) is 23.0 Å². The molecule has 22 heavy (non-hydrogen) atoms. The Balaban J connectivity index is 1.94. The number of fused-ring (bicyclic) bond motifs is 3. The predicted octanol–water partition coefficient (Wildman–Crippen LogP) is 2.23. The molecule has 2 heterocycles. The van der Waals surface area contributed by atoms with Gasteiger partial charge in [-0.3, -0.25) is 0 Å². The number of rotatable bonds is 2. The van der Waals surface area contributed by atoms with Gasteiger partial charge in [-0.1, -0.05) is 18.2 Å². The van der Waals surface area contributed by atoms with Gasteiger partial charge in [0.15, 0.2) is 5.65 Å². The number of nitrogen functional groups attached to an aromatic ring is 2. The molecule has 0 bridgehead atoms. The maximum Gasteiger partial charge on any atom is 0.245 e. The molecule has 0 aliphatic rings. The highest BCUT2D eigenvalue weighted by Crippen LogP contribution is 2.30. The molecule has 0 aliphatic carbocycles. The van der Waals surface area contributed by atoms with E-state index >= 15 is 0 Å². The summed E-state index contributed by atoms with van der Waals surface area (Å²) in [6.07, 6.45) is 0. The summed E-state index contributed by atoms with van der Waals surface area (Å²) < 4.78 is 7.35. The molecule has 0 unspecified atom stereocenters. The molecule has 4 rings (SSSR count). The van der Waals surface area contributed by atoms with Gasteiger partial charge in [0.1, 0.15) is 5.75 Å². The van der Waals surface area contributed by atoms with E-state index in [1.807, 2.05) is 24.3 Å². The highest BCUT2D eigenvalue weighted by molar-refractivity contribution is 5.96. The summed E-state index contributed by atoms with van der Waals surface area (Å²) >= 11 is 0. The molecular formula is C15H12N6O. The second kappa shape index (κ2) is 4.59. The van der Waals surface area contributed by atoms with Crippen molar-refractivity contribution in [1.82, 2.24) is 19.8 Å². The van der Waals surface area contributed by atoms with E-state index in [2.05, 4.69) is 15.3 Å². The monoisotopic (exact) mass is 292 g/mol. The predicted molar refractivity (Wildman–Crippen MR) is 83.6 cm³/mol. The van der Waals surface area contributed by atoms with E-state index in [-0.39, 0.29) is 5.95 Å². The van der Waals surface area contributed by atoms with E-state index in [9.17, 15) is 0 Å². The van der Waals surface area contributed by atoms with Crippen molar-refractivity contribution >= 4 is 28.1 Å². The third-order valence-electron chi connectivity index (χ3n) is 3.35. The van der Waals surface area contributed by atoms with Crippen LogP contribution >= 0.6 is 0 Å². The molecule has 7 nitrogen and oxygen atoms in total. The molecule has 0 aliphatic heterocycles. The fraction of sp³-hybridized carbons (Fsp3) is 0. The van der Waals surface area contributed by atoms with Crippen LogP contribution in [0.2, 0.25) is 0 Å². The zero-order valence-corrected chi connectivity index (χ0v) is 11.5. The van der Waals surface area contributed by atoms with Gasteiger partial charge >= 0.3 is 0 Å². The van der Waals surface area contributed by atoms with Gasteiger partial charge in [-0.05, 0) is 30.3 Å². The normalized spacial score (nSPS) is 11.1. The molecule has 7 heteroatoms. The molecule has 108 valence electrons. The average Bonchev–Trinajstić information content (AvgIpc) is 2.91. The Morgan fingerprint density at radius 2 is 1.59 bits per heavy atom. The lowest BCUT2D eigenvalue weighted by Crippen LogP contribution is -2.01. The van der Waals surface area contributed by atoms with Crippen LogP contribution in [-0.2, 0) is 0 Å². The largest absolute Gasteiger partial charge is 0.437 e. The summed E-state index contributed by atoms with van der Waals surface area (Å²) in [5, 5.41) is 14.0. The topological polar surface area (TPSA) is 104 Å². The number of benzene rings is 2. The molecule has 4 N–H and O–H groups in total. The number of hydrogen-bond donors (Lipinski definition) is 2. The lowest BCUT2D eigenvalue weighted by Gasteiger charge is -2.09. The van der Waals surface area contributed by atoms with Gasteiger partial charge in [0.2, 0.25) is 11.8 Å². The minimum Gasteiger partial charge on any atom is -0.437 e. The lowest BCUT2D eigenvalue weighted by molar-refractivity contribution is 0.459. The van der Waals surface area contributed by atoms with E-state index in [0.717, 1.165) is 10.8 Å². The number of aromatic nitrogens is 4. The van der Waals surface area contributed by atoms with E-state index in [4.69, 9.17) is 16.2 Å². The first-order chi connectivity index (χ1) is 10.7. The van der Waals surface area contributed by atoms with E-state index < -0.39 is 0 Å². The van der Waals surface area contributed by atoms with Crippen molar-refractivity contribution in [2.45, 2.75) is 0 Å². The molecule has 0 saturated heterocycles. The van der Waals surface area contributed by atoms with E-state index in [1.165, 1.54) is 4.52 Å². The Bertz CT molecular complexity index is 977. The number of nitrogens with two attached hydrogens (primary N) is 2. The molecule has 4 aromatic rings. The van der Waals surface area contributed by atoms with Gasteiger partial charge in [0, 0.05) is 16.5 Å². The Morgan fingerprint density at radius 3 is 2.36 bits per heavy atom. The van der Waals surface area contributed by atoms with Crippen LogP contribution in [0.15, 0.2) is 48.5 Å². The first kappa shape index (κ1) is 12.4. The maximum absolute atomic E-state index is 5.88. The van der Waals surface area contributed by atoms with Crippen LogP contribution < -0.4 is 16.2 Å². The number of nitrogens with zero attached hydrogens (tertiary/aromatic N) is 4. The standard InChI is InChI=1S/C15H12N6O/c16-9-5-7-10(8-6-9)22-14-12-4-2-1-3-11(12)13-18-19-15(17)21(13)20-14/h1-8H,16H2,(H2,17,19). The summed E-state index contributed by atoms with van der Waals surface area (Å²) in [5.74, 6) is 1.28. The SMILES string of the molecule is Nc1ccc(Oc2nn3c(N)nnc3c3ccccc23)cc1. The Morgan fingerprint density at radius 1 is 0.864 bits per heavy atom. The van der Waals surface area contributed by atoms with Crippen LogP contribution in [0.3, 0.4) is 0 Å². The fourth-order valence-electron chi connectivity index (χ4n) is 2.29. The van der Waals surface area contributed by atoms with Crippen molar-refractivity contribution in [3.63, 3.8) is 0 Å². The minimum absolute atomic E-state index is 0.211. The second-order valence-electron chi connectivity index (χ2n) is 4.82. The summed E-state index contributed by atoms with van der Waals surface area (Å²) in [6, 6.07) is 14.8. The van der Waals surface area contributed by atoms with Crippen LogP contribution in [0.1, 0.15) is 0 Å². The average molecular weight is 292 g/mol. The van der Waals surface area contributed by atoms with Crippen LogP contribution in [0.4, 0.5) is 11.6 Å². The third-order valence-corrected chi connectivity index (χ3v) is 3.35. The van der Waals surface area contributed by atoms with Crippen LogP contribution in [0.5, 0.6) is 11.6 Å². The molecule has 0 saturated carbocycles. The smallest absolute Gasteiger partial charge is 0.245 e. The third kappa shape index (κ3) is 1.87. The van der Waals surface area contributed by atoms with Crippen molar-refractivity contribution in [3.8, 4) is 11.6 Å². The summed E-state index contributed by atoms with van der Waals surface area (Å²) in [4.78, 5) is 0. The molecule has 0 radical (unpaired) electrons. The van der Waals surface area contributed by atoms with Gasteiger partial charge in [-0.25, -0.2) is 0 Å². The molecule has 2 aromatic heterocycles. The summed E-state index contributed by atoms with van der Waals surface area (Å²) in [6.45, 7) is 0. The molecule has 0 atom stereocenters. The zero-order chi connectivity index (χ0) is 15.1. The van der Waals surface area contributed by atoms with Crippen LogP contribution in [0.25, 0.3) is 16.4 Å². The van der Waals surface area contributed by atoms with Gasteiger partial charge in [0.25, 0.3) is 0 Å².